The molecule has 0 aliphatic heterocycles. The molecule has 0 spiro atoms. The van der Waals surface area contributed by atoms with E-state index in [1.54, 1.807) is 0 Å². The normalized spacial score (nSPS) is 15.4. The second-order valence-corrected chi connectivity index (χ2v) is 16.0. The second-order valence-electron chi connectivity index (χ2n) is 16.0. The van der Waals surface area contributed by atoms with Crippen molar-refractivity contribution in [1.82, 2.24) is 0 Å². The first-order valence-corrected chi connectivity index (χ1v) is 19.3. The predicted octanol–water partition coefficient (Wildman–Crippen LogP) is 12.0. The van der Waals surface area contributed by atoms with E-state index in [4.69, 9.17) is 20.4 Å². The summed E-state index contributed by atoms with van der Waals surface area (Å²) in [6.07, 6.45) is 18.4. The lowest BCUT2D eigenvalue weighted by Crippen LogP contribution is -2.11. The molecule has 8 atom stereocenters. The molecular weight excluding hydrogens is 592 g/mol. The standard InChI is InChI=1S/4C11H22O/c4*1-9(2)6-5-7-10(3)11(4)8-12/h4*6,10-12H,5,7-8H2,1-4H3/t2*10-,11+;2*10-,11-/m1010/s1. The van der Waals surface area contributed by atoms with E-state index < -0.39 is 0 Å². The first-order chi connectivity index (χ1) is 22.3. The summed E-state index contributed by atoms with van der Waals surface area (Å²) in [5, 5.41) is 35.6. The maximum Gasteiger partial charge on any atom is 0.0459 e. The van der Waals surface area contributed by atoms with Gasteiger partial charge in [0.05, 0.1) is 0 Å². The van der Waals surface area contributed by atoms with Crippen molar-refractivity contribution in [3.63, 3.8) is 0 Å². The van der Waals surface area contributed by atoms with Crippen LogP contribution in [0, 0.1) is 47.3 Å². The average Bonchev–Trinajstić information content (AvgIpc) is 3.02. The van der Waals surface area contributed by atoms with Crippen LogP contribution in [0.1, 0.15) is 162 Å². The van der Waals surface area contributed by atoms with Crippen molar-refractivity contribution in [3.05, 3.63) is 46.6 Å². The highest BCUT2D eigenvalue weighted by atomic mass is 16.3. The quantitative estimate of drug-likeness (QED) is 0.0965. The molecule has 4 heteroatoms. The first kappa shape index (κ1) is 53.6. The Morgan fingerprint density at radius 1 is 0.312 bits per heavy atom. The summed E-state index contributed by atoms with van der Waals surface area (Å²) in [5.74, 6) is 4.28. The molecule has 0 aliphatic rings. The molecule has 0 amide bonds. The van der Waals surface area contributed by atoms with E-state index >= 15 is 0 Å². The average molecular weight is 681 g/mol. The molecule has 0 fully saturated rings. The number of rotatable bonds is 20. The van der Waals surface area contributed by atoms with Gasteiger partial charge in [-0.2, -0.15) is 0 Å². The van der Waals surface area contributed by atoms with Crippen LogP contribution in [0.15, 0.2) is 46.6 Å². The molecular formula is C44H88O4. The SMILES string of the molecule is CC(C)=CCC[C@@H](C)[C@@H](C)CO.CC(C)=CCC[C@@H](C)[C@H](C)CO.CC(C)=CCC[C@H](C)[C@@H](C)CO.CC(C)=CCC[C@H](C)[C@H](C)CO. The van der Waals surface area contributed by atoms with Gasteiger partial charge in [0.25, 0.3) is 0 Å². The smallest absolute Gasteiger partial charge is 0.0459 e. The number of aliphatic hydroxyl groups is 4. The Hall–Kier alpha value is -1.20. The van der Waals surface area contributed by atoms with Crippen molar-refractivity contribution < 1.29 is 20.4 Å². The maximum absolute atomic E-state index is 8.90. The van der Waals surface area contributed by atoms with Crippen LogP contribution < -0.4 is 0 Å². The van der Waals surface area contributed by atoms with Crippen molar-refractivity contribution in [2.45, 2.75) is 162 Å². The Labute approximate surface area is 302 Å². The minimum atomic E-state index is 0.315. The van der Waals surface area contributed by atoms with Crippen LogP contribution in [0.5, 0.6) is 0 Å². The van der Waals surface area contributed by atoms with E-state index in [9.17, 15) is 0 Å². The Morgan fingerprint density at radius 3 is 0.562 bits per heavy atom. The summed E-state index contributed by atoms with van der Waals surface area (Å²) in [6.45, 7) is 35.5. The van der Waals surface area contributed by atoms with Gasteiger partial charge >= 0.3 is 0 Å². The van der Waals surface area contributed by atoms with E-state index in [1.165, 1.54) is 48.0 Å². The van der Waals surface area contributed by atoms with Crippen molar-refractivity contribution in [2.24, 2.45) is 47.3 Å². The van der Waals surface area contributed by atoms with E-state index in [2.05, 4.69) is 135 Å². The van der Waals surface area contributed by atoms with Gasteiger partial charge in [-0.15, -0.1) is 0 Å². The van der Waals surface area contributed by atoms with Gasteiger partial charge in [-0.05, 0) is 154 Å². The molecule has 0 aromatic heterocycles. The molecule has 0 unspecified atom stereocenters. The summed E-state index contributed by atoms with van der Waals surface area (Å²) in [7, 11) is 0. The molecule has 0 saturated heterocycles. The van der Waals surface area contributed by atoms with E-state index in [0.717, 1.165) is 25.7 Å². The van der Waals surface area contributed by atoms with Gasteiger partial charge in [0, 0.05) is 26.4 Å². The molecule has 0 aliphatic carbocycles. The molecule has 0 rings (SSSR count). The minimum Gasteiger partial charge on any atom is -0.396 e. The van der Waals surface area contributed by atoms with Gasteiger partial charge in [0.1, 0.15) is 0 Å². The molecule has 4 N–H and O–H groups in total. The zero-order valence-electron chi connectivity index (χ0n) is 35.2. The molecule has 0 aromatic rings. The predicted molar refractivity (Wildman–Crippen MR) is 216 cm³/mol. The minimum absolute atomic E-state index is 0.315. The van der Waals surface area contributed by atoms with Crippen LogP contribution in [0.2, 0.25) is 0 Å². The Morgan fingerprint density at radius 2 is 0.458 bits per heavy atom. The largest absolute Gasteiger partial charge is 0.396 e. The van der Waals surface area contributed by atoms with Gasteiger partial charge in [0.2, 0.25) is 0 Å². The van der Waals surface area contributed by atoms with Crippen LogP contribution in [-0.4, -0.2) is 46.9 Å². The third-order valence-electron chi connectivity index (χ3n) is 9.74. The third-order valence-corrected chi connectivity index (χ3v) is 9.74. The number of allylic oxidation sites excluding steroid dienone is 8. The summed E-state index contributed by atoms with van der Waals surface area (Å²) in [6, 6.07) is 0. The van der Waals surface area contributed by atoms with E-state index in [-0.39, 0.29) is 0 Å². The fraction of sp³-hybridized carbons (Fsp3) is 0.818. The second kappa shape index (κ2) is 35.6. The summed E-state index contributed by atoms with van der Waals surface area (Å²) in [4.78, 5) is 0. The van der Waals surface area contributed by atoms with Crippen LogP contribution in [0.3, 0.4) is 0 Å². The molecule has 0 heterocycles. The lowest BCUT2D eigenvalue weighted by Gasteiger charge is -2.16. The zero-order valence-corrected chi connectivity index (χ0v) is 35.2. The Balaban J connectivity index is -0.000000269. The van der Waals surface area contributed by atoms with Gasteiger partial charge in [0.15, 0.2) is 0 Å². The van der Waals surface area contributed by atoms with Crippen LogP contribution in [0.25, 0.3) is 0 Å². The van der Waals surface area contributed by atoms with Crippen molar-refractivity contribution in [1.29, 1.82) is 0 Å². The highest BCUT2D eigenvalue weighted by molar-refractivity contribution is 4.94. The van der Waals surface area contributed by atoms with Crippen molar-refractivity contribution >= 4 is 0 Å². The van der Waals surface area contributed by atoms with Gasteiger partial charge in [-0.25, -0.2) is 0 Å². The van der Waals surface area contributed by atoms with Crippen LogP contribution in [0.4, 0.5) is 0 Å². The fourth-order valence-corrected chi connectivity index (χ4v) is 4.40. The maximum atomic E-state index is 8.90. The van der Waals surface area contributed by atoms with E-state index in [1.807, 2.05) is 0 Å². The fourth-order valence-electron chi connectivity index (χ4n) is 4.40. The monoisotopic (exact) mass is 681 g/mol. The molecule has 0 saturated carbocycles. The first-order valence-electron chi connectivity index (χ1n) is 19.3. The Bertz CT molecular complexity index is 672. The van der Waals surface area contributed by atoms with Gasteiger partial charge < -0.3 is 20.4 Å². The number of hydrogen-bond donors (Lipinski definition) is 4. The van der Waals surface area contributed by atoms with Gasteiger partial charge in [-0.1, -0.05) is 102 Å². The summed E-state index contributed by atoms with van der Waals surface area (Å²) < 4.78 is 0. The van der Waals surface area contributed by atoms with Crippen LogP contribution in [-0.2, 0) is 0 Å². The number of hydrogen-bond acceptors (Lipinski definition) is 4. The number of aliphatic hydroxyl groups excluding tert-OH is 4. The molecule has 48 heavy (non-hydrogen) atoms. The topological polar surface area (TPSA) is 80.9 Å². The van der Waals surface area contributed by atoms with Gasteiger partial charge in [-0.3, -0.25) is 0 Å². The molecule has 0 radical (unpaired) electrons. The third kappa shape index (κ3) is 39.2. The lowest BCUT2D eigenvalue weighted by atomic mass is 9.92. The van der Waals surface area contributed by atoms with Crippen molar-refractivity contribution in [2.75, 3.05) is 26.4 Å². The summed E-state index contributed by atoms with van der Waals surface area (Å²) in [5.41, 5.74) is 5.55. The highest BCUT2D eigenvalue weighted by Crippen LogP contribution is 2.19. The molecule has 4 nitrogen and oxygen atoms in total. The molecule has 0 bridgehead atoms. The lowest BCUT2D eigenvalue weighted by molar-refractivity contribution is 0.191. The highest BCUT2D eigenvalue weighted by Gasteiger charge is 2.11. The summed E-state index contributed by atoms with van der Waals surface area (Å²) >= 11 is 0. The zero-order chi connectivity index (χ0) is 38.2. The molecule has 288 valence electrons. The van der Waals surface area contributed by atoms with Crippen molar-refractivity contribution in [3.8, 4) is 0 Å². The van der Waals surface area contributed by atoms with Crippen LogP contribution >= 0.6 is 0 Å². The Kier molecular flexibility index (Phi) is 39.8. The molecule has 0 aromatic carbocycles. The van der Waals surface area contributed by atoms with E-state index in [0.29, 0.717) is 73.8 Å².